The Bertz CT molecular complexity index is 1430. The lowest BCUT2D eigenvalue weighted by Gasteiger charge is -2.23. The second-order valence-corrected chi connectivity index (χ2v) is 10.3. The molecule has 2 atom stereocenters. The number of para-hydroxylation sites is 1. The van der Waals surface area contributed by atoms with Gasteiger partial charge in [0.2, 0.25) is 0 Å². The van der Waals surface area contributed by atoms with E-state index in [1.165, 1.54) is 0 Å². The molecular formula is C29H30N2O4. The van der Waals surface area contributed by atoms with Crippen molar-refractivity contribution < 1.29 is 19.7 Å². The molecule has 4 N–H and O–H groups in total. The zero-order chi connectivity index (χ0) is 24.9. The number of carboxylic acids is 1. The molecule has 0 spiro atoms. The Morgan fingerprint density at radius 3 is 2.66 bits per heavy atom. The minimum absolute atomic E-state index is 0.128. The first-order chi connectivity index (χ1) is 16.6. The summed E-state index contributed by atoms with van der Waals surface area (Å²) >= 11 is 0. The molecule has 1 aliphatic heterocycles. The van der Waals surface area contributed by atoms with Crippen LogP contribution in [0.25, 0.3) is 22.0 Å². The molecule has 0 aliphatic carbocycles. The van der Waals surface area contributed by atoms with E-state index in [0.29, 0.717) is 12.1 Å². The van der Waals surface area contributed by atoms with Gasteiger partial charge >= 0.3 is 5.97 Å². The van der Waals surface area contributed by atoms with Crippen LogP contribution in [-0.2, 0) is 12.0 Å². The summed E-state index contributed by atoms with van der Waals surface area (Å²) in [6.07, 6.45) is 1.00. The molecule has 35 heavy (non-hydrogen) atoms. The van der Waals surface area contributed by atoms with Crippen molar-refractivity contribution in [3.05, 3.63) is 89.1 Å². The second kappa shape index (κ2) is 8.56. The molecule has 6 heteroatoms. The monoisotopic (exact) mass is 470 g/mol. The van der Waals surface area contributed by atoms with Crippen LogP contribution in [0.3, 0.4) is 0 Å². The molecule has 0 unspecified atom stereocenters. The summed E-state index contributed by atoms with van der Waals surface area (Å²) in [5, 5.41) is 21.8. The minimum Gasteiger partial charge on any atom is -0.491 e. The molecule has 6 nitrogen and oxygen atoms in total. The third-order valence-electron chi connectivity index (χ3n) is 6.76. The molecule has 1 aliphatic rings. The van der Waals surface area contributed by atoms with Crippen LogP contribution in [0.4, 0.5) is 0 Å². The third kappa shape index (κ3) is 4.31. The fourth-order valence-corrected chi connectivity index (χ4v) is 4.74. The van der Waals surface area contributed by atoms with E-state index in [9.17, 15) is 15.0 Å². The molecule has 1 aromatic heterocycles. The van der Waals surface area contributed by atoms with Gasteiger partial charge in [-0.15, -0.1) is 0 Å². The Balaban J connectivity index is 1.56. The Kier molecular flexibility index (Phi) is 5.66. The highest BCUT2D eigenvalue weighted by Gasteiger charge is 2.23. The maximum atomic E-state index is 11.8. The van der Waals surface area contributed by atoms with Crippen LogP contribution in [0.15, 0.2) is 66.9 Å². The van der Waals surface area contributed by atoms with Gasteiger partial charge in [0.1, 0.15) is 12.4 Å². The summed E-state index contributed by atoms with van der Waals surface area (Å²) < 4.78 is 7.47. The lowest BCUT2D eigenvalue weighted by atomic mass is 9.83. The van der Waals surface area contributed by atoms with Crippen LogP contribution in [0.2, 0.25) is 0 Å². The van der Waals surface area contributed by atoms with E-state index < -0.39 is 12.1 Å². The number of rotatable bonds is 5. The molecule has 0 amide bonds. The SMILES string of the molecule is CC(C)(C)c1cc(-c2ccc3c(c2)[C@H](N)CO3)cc([C@H](O)Cn2ccc3cccc(C(=O)O)c32)c1. The first kappa shape index (κ1) is 23.1. The van der Waals surface area contributed by atoms with E-state index in [0.717, 1.165) is 39.0 Å². The van der Waals surface area contributed by atoms with E-state index in [1.54, 1.807) is 12.1 Å². The highest BCUT2D eigenvalue weighted by Crippen LogP contribution is 2.37. The lowest BCUT2D eigenvalue weighted by Crippen LogP contribution is -2.14. The number of aliphatic hydroxyl groups excluding tert-OH is 1. The van der Waals surface area contributed by atoms with Crippen LogP contribution >= 0.6 is 0 Å². The molecule has 0 bridgehead atoms. The minimum atomic E-state index is -0.985. The molecule has 0 saturated heterocycles. The van der Waals surface area contributed by atoms with Crippen LogP contribution in [0, 0.1) is 0 Å². The topological polar surface area (TPSA) is 97.7 Å². The summed E-state index contributed by atoms with van der Waals surface area (Å²) in [5.41, 5.74) is 11.8. The maximum absolute atomic E-state index is 11.8. The Morgan fingerprint density at radius 2 is 1.91 bits per heavy atom. The summed E-state index contributed by atoms with van der Waals surface area (Å²) in [7, 11) is 0. The average molecular weight is 471 g/mol. The number of aromatic carboxylic acids is 1. The first-order valence-corrected chi connectivity index (χ1v) is 11.8. The van der Waals surface area contributed by atoms with Gasteiger partial charge < -0.3 is 25.3 Å². The molecular weight excluding hydrogens is 440 g/mol. The number of hydrogen-bond donors (Lipinski definition) is 3. The van der Waals surface area contributed by atoms with Crippen molar-refractivity contribution in [2.45, 2.75) is 44.9 Å². The van der Waals surface area contributed by atoms with Gasteiger partial charge in [0, 0.05) is 17.1 Å². The summed E-state index contributed by atoms with van der Waals surface area (Å²) in [4.78, 5) is 11.8. The van der Waals surface area contributed by atoms with E-state index in [1.807, 2.05) is 47.2 Å². The summed E-state index contributed by atoms with van der Waals surface area (Å²) in [6.45, 7) is 7.16. The average Bonchev–Trinajstić information content (AvgIpc) is 3.41. The number of hydrogen-bond acceptors (Lipinski definition) is 4. The summed E-state index contributed by atoms with van der Waals surface area (Å²) in [5.74, 6) is -0.164. The van der Waals surface area contributed by atoms with Gasteiger partial charge in [0.05, 0.1) is 29.8 Å². The second-order valence-electron chi connectivity index (χ2n) is 10.3. The highest BCUT2D eigenvalue weighted by atomic mass is 16.5. The van der Waals surface area contributed by atoms with Crippen LogP contribution in [0.5, 0.6) is 5.75 Å². The number of ether oxygens (including phenoxy) is 1. The predicted octanol–water partition coefficient (Wildman–Crippen LogP) is 5.43. The van der Waals surface area contributed by atoms with Crippen molar-refractivity contribution in [1.29, 1.82) is 0 Å². The van der Waals surface area contributed by atoms with Crippen molar-refractivity contribution in [1.82, 2.24) is 4.57 Å². The molecule has 5 rings (SSSR count). The molecule has 3 aromatic carbocycles. The van der Waals surface area contributed by atoms with Crippen molar-refractivity contribution in [3.63, 3.8) is 0 Å². The third-order valence-corrected chi connectivity index (χ3v) is 6.76. The summed E-state index contributed by atoms with van der Waals surface area (Å²) in [6, 6.07) is 19.2. The van der Waals surface area contributed by atoms with Crippen LogP contribution in [0.1, 0.15) is 60.0 Å². The number of aliphatic hydroxyl groups is 1. The van der Waals surface area contributed by atoms with E-state index in [-0.39, 0.29) is 23.6 Å². The highest BCUT2D eigenvalue weighted by molar-refractivity contribution is 6.02. The molecule has 0 saturated carbocycles. The normalized spacial score (nSPS) is 16.2. The lowest BCUT2D eigenvalue weighted by molar-refractivity contribution is 0.0698. The number of benzene rings is 3. The Hall–Kier alpha value is -3.61. The largest absolute Gasteiger partial charge is 0.491 e. The van der Waals surface area contributed by atoms with Gasteiger partial charge in [0.15, 0.2) is 0 Å². The number of aromatic nitrogens is 1. The number of fused-ring (bicyclic) bond motifs is 2. The molecule has 2 heterocycles. The first-order valence-electron chi connectivity index (χ1n) is 11.8. The fourth-order valence-electron chi connectivity index (χ4n) is 4.74. The van der Waals surface area contributed by atoms with E-state index in [2.05, 4.69) is 32.9 Å². The van der Waals surface area contributed by atoms with E-state index >= 15 is 0 Å². The number of nitrogens with zero attached hydrogens (tertiary/aromatic N) is 1. The van der Waals surface area contributed by atoms with E-state index in [4.69, 9.17) is 10.5 Å². The molecule has 4 aromatic rings. The maximum Gasteiger partial charge on any atom is 0.337 e. The quantitative estimate of drug-likeness (QED) is 0.361. The van der Waals surface area contributed by atoms with Gasteiger partial charge in [-0.25, -0.2) is 4.79 Å². The Labute approximate surface area is 204 Å². The van der Waals surface area contributed by atoms with Crippen LogP contribution in [-0.4, -0.2) is 27.4 Å². The zero-order valence-corrected chi connectivity index (χ0v) is 20.2. The molecule has 180 valence electrons. The smallest absolute Gasteiger partial charge is 0.337 e. The Morgan fingerprint density at radius 1 is 1.11 bits per heavy atom. The van der Waals surface area contributed by atoms with Gasteiger partial charge in [-0.2, -0.15) is 0 Å². The van der Waals surface area contributed by atoms with Crippen molar-refractivity contribution in [3.8, 4) is 16.9 Å². The standard InChI is InChI=1S/C29H30N2O4/c1-29(2,3)21-12-19(18-7-8-26-23(14-18)24(30)16-35-26)11-20(13-21)25(32)15-31-10-9-17-5-4-6-22(27(17)31)28(33)34/h4-14,24-25,32H,15-16,30H2,1-3H3,(H,33,34)/t24-,25-/m1/s1. The predicted molar refractivity (Wildman–Crippen MR) is 137 cm³/mol. The van der Waals surface area contributed by atoms with Gasteiger partial charge in [-0.05, 0) is 58.0 Å². The fraction of sp³-hybridized carbons (Fsp3) is 0.276. The zero-order valence-electron chi connectivity index (χ0n) is 20.2. The van der Waals surface area contributed by atoms with Crippen LogP contribution < -0.4 is 10.5 Å². The van der Waals surface area contributed by atoms with Gasteiger partial charge in [-0.1, -0.05) is 51.1 Å². The number of carbonyl (C=O) groups is 1. The van der Waals surface area contributed by atoms with Crippen molar-refractivity contribution in [2.75, 3.05) is 6.61 Å². The number of carboxylic acid groups (broad SMARTS) is 1. The van der Waals surface area contributed by atoms with Crippen molar-refractivity contribution in [2.24, 2.45) is 5.73 Å². The van der Waals surface area contributed by atoms with Gasteiger partial charge in [-0.3, -0.25) is 0 Å². The number of nitrogens with two attached hydrogens (primary N) is 1. The van der Waals surface area contributed by atoms with Gasteiger partial charge in [0.25, 0.3) is 0 Å². The molecule has 0 radical (unpaired) electrons. The molecule has 0 fully saturated rings. The van der Waals surface area contributed by atoms with Crippen molar-refractivity contribution >= 4 is 16.9 Å².